The zero-order valence-corrected chi connectivity index (χ0v) is 15.2. The molecule has 0 amide bonds. The molecule has 0 saturated heterocycles. The molecule has 0 aliphatic heterocycles. The summed E-state index contributed by atoms with van der Waals surface area (Å²) >= 11 is 0. The topological polar surface area (TPSA) is 86.5 Å². The fourth-order valence-corrected chi connectivity index (χ4v) is 2.36. The lowest BCUT2D eigenvalue weighted by Crippen LogP contribution is -2.24. The van der Waals surface area contributed by atoms with Crippen LogP contribution in [0.25, 0.3) is 0 Å². The van der Waals surface area contributed by atoms with Gasteiger partial charge in [0, 0.05) is 5.56 Å². The number of nitrogens with zero attached hydrogens (tertiary/aromatic N) is 3. The maximum atomic E-state index is 13.6. The van der Waals surface area contributed by atoms with E-state index in [4.69, 9.17) is 9.47 Å². The van der Waals surface area contributed by atoms with E-state index in [2.05, 4.69) is 10.1 Å². The van der Waals surface area contributed by atoms with Crippen LogP contribution >= 0.6 is 0 Å². The highest BCUT2D eigenvalue weighted by molar-refractivity contribution is 5.87. The van der Waals surface area contributed by atoms with Crippen LogP contribution in [0.2, 0.25) is 0 Å². The number of carboxylic acid groups (broad SMARTS) is 1. The molecule has 0 bridgehead atoms. The van der Waals surface area contributed by atoms with E-state index in [1.54, 1.807) is 27.7 Å². The Morgan fingerprint density at radius 2 is 1.92 bits per heavy atom. The van der Waals surface area contributed by atoms with Gasteiger partial charge in [0.1, 0.15) is 11.3 Å². The van der Waals surface area contributed by atoms with Crippen LogP contribution < -0.4 is 9.47 Å². The molecule has 9 heteroatoms. The summed E-state index contributed by atoms with van der Waals surface area (Å²) in [7, 11) is 0. The standard InChI is InChI=1S/C17H21F2N3O4/c1-6-25-10-7-20-8-11(12(10)14(18)19)26-15-9(2)13(16(23)24)21-22(15)17(3,4)5/h7-8,14H,6H2,1-5H3,(H,23,24). The minimum absolute atomic E-state index is 0.0623. The van der Waals surface area contributed by atoms with E-state index in [0.717, 1.165) is 6.20 Å². The van der Waals surface area contributed by atoms with Crippen molar-refractivity contribution in [1.29, 1.82) is 0 Å². The molecule has 0 saturated carbocycles. The Balaban J connectivity index is 2.62. The van der Waals surface area contributed by atoms with E-state index in [9.17, 15) is 18.7 Å². The summed E-state index contributed by atoms with van der Waals surface area (Å²) in [4.78, 5) is 15.3. The quantitative estimate of drug-likeness (QED) is 0.822. The van der Waals surface area contributed by atoms with Crippen LogP contribution in [-0.2, 0) is 5.54 Å². The van der Waals surface area contributed by atoms with Crippen molar-refractivity contribution < 1.29 is 28.2 Å². The SMILES string of the molecule is CCOc1cncc(Oc2c(C)c(C(=O)O)nn2C(C)(C)C)c1C(F)F. The number of carbonyl (C=O) groups is 1. The Morgan fingerprint density at radius 1 is 1.31 bits per heavy atom. The average Bonchev–Trinajstić information content (AvgIpc) is 2.85. The van der Waals surface area contributed by atoms with Crippen molar-refractivity contribution in [2.75, 3.05) is 6.61 Å². The van der Waals surface area contributed by atoms with Gasteiger partial charge in [-0.2, -0.15) is 5.10 Å². The Morgan fingerprint density at radius 3 is 2.42 bits per heavy atom. The third kappa shape index (κ3) is 3.76. The smallest absolute Gasteiger partial charge is 0.356 e. The van der Waals surface area contributed by atoms with Gasteiger partial charge in [-0.3, -0.25) is 4.98 Å². The Bertz CT molecular complexity index is 813. The van der Waals surface area contributed by atoms with Crippen LogP contribution in [-0.4, -0.2) is 32.4 Å². The van der Waals surface area contributed by atoms with Crippen LogP contribution in [0.15, 0.2) is 12.4 Å². The molecular weight excluding hydrogens is 348 g/mol. The van der Waals surface area contributed by atoms with Crippen molar-refractivity contribution in [3.63, 3.8) is 0 Å². The predicted molar refractivity (Wildman–Crippen MR) is 89.4 cm³/mol. The second-order valence-corrected chi connectivity index (χ2v) is 6.55. The van der Waals surface area contributed by atoms with E-state index in [1.807, 2.05) is 0 Å². The summed E-state index contributed by atoms with van der Waals surface area (Å²) in [6.07, 6.45) is -0.530. The van der Waals surface area contributed by atoms with Gasteiger partial charge >= 0.3 is 5.97 Å². The van der Waals surface area contributed by atoms with Crippen molar-refractivity contribution in [2.24, 2.45) is 0 Å². The summed E-state index contributed by atoms with van der Waals surface area (Å²) in [6, 6.07) is 0. The van der Waals surface area contributed by atoms with Crippen LogP contribution in [0.1, 0.15) is 55.7 Å². The minimum atomic E-state index is -2.86. The molecule has 2 heterocycles. The van der Waals surface area contributed by atoms with Crippen molar-refractivity contribution in [3.8, 4) is 17.4 Å². The molecule has 0 spiro atoms. The number of rotatable bonds is 6. The highest BCUT2D eigenvalue weighted by Crippen LogP contribution is 2.40. The first-order valence-electron chi connectivity index (χ1n) is 7.98. The number of hydrogen-bond donors (Lipinski definition) is 1. The maximum absolute atomic E-state index is 13.6. The largest absolute Gasteiger partial charge is 0.492 e. The summed E-state index contributed by atoms with van der Waals surface area (Å²) in [5, 5.41) is 13.4. The molecule has 0 aliphatic carbocycles. The van der Waals surface area contributed by atoms with E-state index < -0.39 is 23.5 Å². The Labute approximate surface area is 149 Å². The summed E-state index contributed by atoms with van der Waals surface area (Å²) < 4.78 is 39.4. The van der Waals surface area contributed by atoms with Crippen LogP contribution in [0.5, 0.6) is 17.4 Å². The Hall–Kier alpha value is -2.71. The van der Waals surface area contributed by atoms with Gasteiger partial charge in [-0.05, 0) is 34.6 Å². The molecule has 0 aliphatic rings. The number of aromatic carboxylic acids is 1. The number of pyridine rings is 1. The van der Waals surface area contributed by atoms with Gasteiger partial charge in [-0.1, -0.05) is 0 Å². The molecule has 2 aromatic heterocycles. The molecule has 26 heavy (non-hydrogen) atoms. The van der Waals surface area contributed by atoms with E-state index in [1.165, 1.54) is 17.8 Å². The van der Waals surface area contributed by atoms with Gasteiger partial charge in [0.2, 0.25) is 5.88 Å². The second kappa shape index (κ2) is 7.27. The summed E-state index contributed by atoms with van der Waals surface area (Å²) in [5.41, 5.74) is -1.05. The number of ether oxygens (including phenoxy) is 2. The van der Waals surface area contributed by atoms with Crippen molar-refractivity contribution >= 4 is 5.97 Å². The van der Waals surface area contributed by atoms with Gasteiger partial charge in [0.25, 0.3) is 6.43 Å². The molecule has 0 unspecified atom stereocenters. The monoisotopic (exact) mass is 369 g/mol. The van der Waals surface area contributed by atoms with Crippen LogP contribution in [0.4, 0.5) is 8.78 Å². The number of carboxylic acids is 1. The van der Waals surface area contributed by atoms with Crippen molar-refractivity contribution in [3.05, 3.63) is 29.2 Å². The Kier molecular flexibility index (Phi) is 5.48. The second-order valence-electron chi connectivity index (χ2n) is 6.55. The molecule has 0 radical (unpaired) electrons. The first kappa shape index (κ1) is 19.6. The average molecular weight is 369 g/mol. The van der Waals surface area contributed by atoms with Crippen molar-refractivity contribution in [1.82, 2.24) is 14.8 Å². The number of halogens is 2. The lowest BCUT2D eigenvalue weighted by Gasteiger charge is -2.23. The molecule has 2 rings (SSSR count). The number of aromatic nitrogens is 3. The van der Waals surface area contributed by atoms with Crippen LogP contribution in [0, 0.1) is 6.92 Å². The molecule has 0 aromatic carbocycles. The highest BCUT2D eigenvalue weighted by Gasteiger charge is 2.29. The minimum Gasteiger partial charge on any atom is -0.492 e. The highest BCUT2D eigenvalue weighted by atomic mass is 19.3. The molecular formula is C17H21F2N3O4. The molecule has 0 fully saturated rings. The first-order chi connectivity index (χ1) is 12.1. The van der Waals surface area contributed by atoms with Crippen LogP contribution in [0.3, 0.4) is 0 Å². The third-order valence-corrected chi connectivity index (χ3v) is 3.55. The maximum Gasteiger partial charge on any atom is 0.356 e. The van der Waals surface area contributed by atoms with E-state index >= 15 is 0 Å². The van der Waals surface area contributed by atoms with Gasteiger partial charge in [-0.15, -0.1) is 0 Å². The number of hydrogen-bond acceptors (Lipinski definition) is 5. The third-order valence-electron chi connectivity index (χ3n) is 3.55. The fourth-order valence-electron chi connectivity index (χ4n) is 2.36. The lowest BCUT2D eigenvalue weighted by molar-refractivity contribution is 0.0688. The van der Waals surface area contributed by atoms with Crippen molar-refractivity contribution in [2.45, 2.75) is 46.6 Å². The van der Waals surface area contributed by atoms with Gasteiger partial charge in [-0.25, -0.2) is 18.3 Å². The van der Waals surface area contributed by atoms with Gasteiger partial charge in [0.15, 0.2) is 11.4 Å². The molecule has 2 aromatic rings. The summed E-state index contributed by atoms with van der Waals surface area (Å²) in [5.74, 6) is -1.47. The van der Waals surface area contributed by atoms with Gasteiger partial charge in [0.05, 0.1) is 24.5 Å². The number of alkyl halides is 2. The fraction of sp³-hybridized carbons (Fsp3) is 0.471. The summed E-state index contributed by atoms with van der Waals surface area (Å²) in [6.45, 7) is 8.74. The van der Waals surface area contributed by atoms with E-state index in [-0.39, 0.29) is 35.2 Å². The zero-order valence-electron chi connectivity index (χ0n) is 15.2. The zero-order chi connectivity index (χ0) is 19.6. The molecule has 0 atom stereocenters. The first-order valence-corrected chi connectivity index (χ1v) is 7.98. The van der Waals surface area contributed by atoms with E-state index in [0.29, 0.717) is 0 Å². The molecule has 1 N–H and O–H groups in total. The predicted octanol–water partition coefficient (Wildman–Crippen LogP) is 4.17. The lowest BCUT2D eigenvalue weighted by atomic mass is 10.1. The normalized spacial score (nSPS) is 11.7. The van der Waals surface area contributed by atoms with Gasteiger partial charge < -0.3 is 14.6 Å². The molecule has 142 valence electrons. The molecule has 7 nitrogen and oxygen atoms in total.